The molecule has 4 nitrogen and oxygen atoms in total. The molecule has 27 heavy (non-hydrogen) atoms. The van der Waals surface area contributed by atoms with E-state index in [0.29, 0.717) is 5.11 Å². The van der Waals surface area contributed by atoms with Gasteiger partial charge in [0.25, 0.3) is 0 Å². The van der Waals surface area contributed by atoms with Crippen LogP contribution in [0.4, 0.5) is 10.1 Å². The molecule has 6 heteroatoms. The standard InChI is InChI=1S/C21H20FN3OS/c1-26-18-5-2-4-17(14-18)23-21(27)25-13-12-24-11-3-6-19(24)20(25)15-7-9-16(22)10-8-15/h2-11,14,20H,12-13H2,1H3,(H,23,27). The molecule has 2 aromatic carbocycles. The number of fused-ring (bicyclic) bond motifs is 1. The van der Waals surface area contributed by atoms with Gasteiger partial charge in [-0.1, -0.05) is 18.2 Å². The van der Waals surface area contributed by atoms with Crippen LogP contribution in [0, 0.1) is 5.82 Å². The fourth-order valence-electron chi connectivity index (χ4n) is 3.49. The summed E-state index contributed by atoms with van der Waals surface area (Å²) in [6.45, 7) is 1.61. The van der Waals surface area contributed by atoms with Crippen LogP contribution in [0.25, 0.3) is 0 Å². The van der Waals surface area contributed by atoms with E-state index in [4.69, 9.17) is 17.0 Å². The molecule has 0 radical (unpaired) electrons. The van der Waals surface area contributed by atoms with E-state index in [1.807, 2.05) is 42.5 Å². The Labute approximate surface area is 163 Å². The Balaban J connectivity index is 1.65. The Hall–Kier alpha value is -2.86. The molecular weight excluding hydrogens is 361 g/mol. The van der Waals surface area contributed by atoms with Crippen molar-refractivity contribution in [2.45, 2.75) is 12.6 Å². The quantitative estimate of drug-likeness (QED) is 0.680. The highest BCUT2D eigenvalue weighted by atomic mass is 32.1. The van der Waals surface area contributed by atoms with Gasteiger partial charge in [0, 0.05) is 36.7 Å². The minimum atomic E-state index is -0.242. The molecule has 2 heterocycles. The molecule has 1 atom stereocenters. The van der Waals surface area contributed by atoms with E-state index >= 15 is 0 Å². The van der Waals surface area contributed by atoms with Crippen LogP contribution < -0.4 is 10.1 Å². The number of nitrogens with zero attached hydrogens (tertiary/aromatic N) is 2. The minimum Gasteiger partial charge on any atom is -0.497 e. The Morgan fingerprint density at radius 3 is 2.70 bits per heavy atom. The summed E-state index contributed by atoms with van der Waals surface area (Å²) in [4.78, 5) is 2.15. The van der Waals surface area contributed by atoms with Gasteiger partial charge in [-0.2, -0.15) is 0 Å². The summed E-state index contributed by atoms with van der Waals surface area (Å²) in [5.74, 6) is 0.527. The summed E-state index contributed by atoms with van der Waals surface area (Å²) >= 11 is 5.73. The minimum absolute atomic E-state index is 0.0695. The van der Waals surface area contributed by atoms with Gasteiger partial charge in [0.15, 0.2) is 5.11 Å². The highest BCUT2D eigenvalue weighted by molar-refractivity contribution is 7.80. The van der Waals surface area contributed by atoms with Crippen molar-refractivity contribution >= 4 is 23.0 Å². The monoisotopic (exact) mass is 381 g/mol. The molecule has 0 fully saturated rings. The second-order valence-corrected chi connectivity index (χ2v) is 6.82. The summed E-state index contributed by atoms with van der Waals surface area (Å²) < 4.78 is 20.9. The van der Waals surface area contributed by atoms with Crippen LogP contribution in [-0.4, -0.2) is 28.2 Å². The zero-order valence-corrected chi connectivity index (χ0v) is 15.7. The maximum Gasteiger partial charge on any atom is 0.174 e. The predicted octanol–water partition coefficient (Wildman–Crippen LogP) is 4.44. The lowest BCUT2D eigenvalue weighted by Crippen LogP contribution is -2.44. The third kappa shape index (κ3) is 3.53. The third-order valence-electron chi connectivity index (χ3n) is 4.81. The number of thiocarbonyl (C=S) groups is 1. The molecule has 0 amide bonds. The van der Waals surface area contributed by atoms with Gasteiger partial charge in [0.05, 0.1) is 13.2 Å². The molecule has 1 aliphatic heterocycles. The Bertz CT molecular complexity index is 954. The first-order valence-electron chi connectivity index (χ1n) is 8.78. The molecule has 1 N–H and O–H groups in total. The normalized spacial score (nSPS) is 15.9. The lowest BCUT2D eigenvalue weighted by Gasteiger charge is -2.39. The summed E-state index contributed by atoms with van der Waals surface area (Å²) in [7, 11) is 1.64. The SMILES string of the molecule is COc1cccc(NC(=S)N2CCn3cccc3C2c2ccc(F)cc2)c1. The number of hydrogen-bond donors (Lipinski definition) is 1. The number of rotatable bonds is 3. The summed E-state index contributed by atoms with van der Waals surface area (Å²) in [5, 5.41) is 3.94. The highest BCUT2D eigenvalue weighted by Crippen LogP contribution is 2.33. The molecule has 138 valence electrons. The van der Waals surface area contributed by atoms with Crippen LogP contribution in [-0.2, 0) is 6.54 Å². The van der Waals surface area contributed by atoms with Crippen molar-refractivity contribution in [1.29, 1.82) is 0 Å². The second-order valence-electron chi connectivity index (χ2n) is 6.44. The maximum atomic E-state index is 13.4. The highest BCUT2D eigenvalue weighted by Gasteiger charge is 2.30. The van der Waals surface area contributed by atoms with E-state index in [1.54, 1.807) is 7.11 Å². The van der Waals surface area contributed by atoms with Crippen molar-refractivity contribution in [2.75, 3.05) is 19.0 Å². The molecule has 0 bridgehead atoms. The van der Waals surface area contributed by atoms with Gasteiger partial charge in [-0.15, -0.1) is 0 Å². The van der Waals surface area contributed by atoms with Crippen molar-refractivity contribution in [3.8, 4) is 5.75 Å². The molecule has 0 spiro atoms. The smallest absolute Gasteiger partial charge is 0.174 e. The average molecular weight is 381 g/mol. The first kappa shape index (κ1) is 17.5. The van der Waals surface area contributed by atoms with Gasteiger partial charge in [-0.25, -0.2) is 4.39 Å². The third-order valence-corrected chi connectivity index (χ3v) is 5.14. The molecule has 0 aliphatic carbocycles. The van der Waals surface area contributed by atoms with E-state index in [-0.39, 0.29) is 11.9 Å². The Morgan fingerprint density at radius 1 is 1.11 bits per heavy atom. The molecule has 1 aliphatic rings. The van der Waals surface area contributed by atoms with Gasteiger partial charge in [0.1, 0.15) is 11.6 Å². The Kier molecular flexibility index (Phi) is 4.81. The maximum absolute atomic E-state index is 13.4. The van der Waals surface area contributed by atoms with E-state index < -0.39 is 0 Å². The zero-order chi connectivity index (χ0) is 18.8. The summed E-state index contributed by atoms with van der Waals surface area (Å²) in [6, 6.07) is 18.4. The molecule has 4 rings (SSSR count). The molecular formula is C21H20FN3OS. The van der Waals surface area contributed by atoms with E-state index in [1.165, 1.54) is 12.1 Å². The van der Waals surface area contributed by atoms with Crippen molar-refractivity contribution in [2.24, 2.45) is 0 Å². The van der Waals surface area contributed by atoms with Crippen molar-refractivity contribution in [3.05, 3.63) is 83.9 Å². The Morgan fingerprint density at radius 2 is 1.93 bits per heavy atom. The van der Waals surface area contributed by atoms with Crippen LogP contribution in [0.1, 0.15) is 17.3 Å². The first-order chi connectivity index (χ1) is 13.2. The van der Waals surface area contributed by atoms with Crippen molar-refractivity contribution in [1.82, 2.24) is 9.47 Å². The predicted molar refractivity (Wildman–Crippen MR) is 109 cm³/mol. The lowest BCUT2D eigenvalue weighted by atomic mass is 10.0. The van der Waals surface area contributed by atoms with Crippen LogP contribution >= 0.6 is 12.2 Å². The lowest BCUT2D eigenvalue weighted by molar-refractivity contribution is 0.293. The number of nitrogens with one attached hydrogen (secondary N) is 1. The molecule has 0 saturated heterocycles. The van der Waals surface area contributed by atoms with Crippen LogP contribution in [0.5, 0.6) is 5.75 Å². The summed E-state index contributed by atoms with van der Waals surface area (Å²) in [6.07, 6.45) is 2.07. The summed E-state index contributed by atoms with van der Waals surface area (Å²) in [5.41, 5.74) is 3.02. The fraction of sp³-hybridized carbons (Fsp3) is 0.190. The first-order valence-corrected chi connectivity index (χ1v) is 9.19. The number of ether oxygens (including phenoxy) is 1. The molecule has 1 unspecified atom stereocenters. The number of aromatic nitrogens is 1. The molecule has 0 saturated carbocycles. The van der Waals surface area contributed by atoms with Crippen LogP contribution in [0.15, 0.2) is 66.9 Å². The largest absolute Gasteiger partial charge is 0.497 e. The molecule has 3 aromatic rings. The van der Waals surface area contributed by atoms with Gasteiger partial charge >= 0.3 is 0 Å². The van der Waals surface area contributed by atoms with Gasteiger partial charge in [0.2, 0.25) is 0 Å². The van der Waals surface area contributed by atoms with Gasteiger partial charge in [-0.05, 0) is 54.2 Å². The van der Waals surface area contributed by atoms with Crippen LogP contribution in [0.2, 0.25) is 0 Å². The second kappa shape index (κ2) is 7.40. The fourth-order valence-corrected chi connectivity index (χ4v) is 3.81. The molecule has 1 aromatic heterocycles. The number of methoxy groups -OCH3 is 1. The van der Waals surface area contributed by atoms with E-state index in [9.17, 15) is 4.39 Å². The van der Waals surface area contributed by atoms with Crippen LogP contribution in [0.3, 0.4) is 0 Å². The van der Waals surface area contributed by atoms with Crippen molar-refractivity contribution < 1.29 is 9.13 Å². The number of benzene rings is 2. The average Bonchev–Trinajstić information content (AvgIpc) is 3.17. The number of halogens is 1. The number of hydrogen-bond acceptors (Lipinski definition) is 2. The van der Waals surface area contributed by atoms with Gasteiger partial charge < -0.3 is 19.5 Å². The van der Waals surface area contributed by atoms with E-state index in [2.05, 4.69) is 27.0 Å². The van der Waals surface area contributed by atoms with Gasteiger partial charge in [-0.3, -0.25) is 0 Å². The zero-order valence-electron chi connectivity index (χ0n) is 14.9. The number of anilines is 1. The van der Waals surface area contributed by atoms with E-state index in [0.717, 1.165) is 35.8 Å². The topological polar surface area (TPSA) is 29.4 Å². The van der Waals surface area contributed by atoms with Crippen molar-refractivity contribution in [3.63, 3.8) is 0 Å².